The van der Waals surface area contributed by atoms with E-state index in [9.17, 15) is 9.59 Å². The van der Waals surface area contributed by atoms with Gasteiger partial charge >= 0.3 is 0 Å². The number of allylic oxidation sites excluding steroid dienone is 2. The average Bonchev–Trinajstić information content (AvgIpc) is 2.64. The lowest BCUT2D eigenvalue weighted by Gasteiger charge is -2.18. The van der Waals surface area contributed by atoms with Crippen LogP contribution in [0.4, 0.5) is 0 Å². The summed E-state index contributed by atoms with van der Waals surface area (Å²) in [7, 11) is 0. The van der Waals surface area contributed by atoms with E-state index in [1.54, 1.807) is 29.5 Å². The number of nitrogens with two attached hydrogens (primary N) is 1. The molecular formula is C13H19N3O2. The molecule has 1 heterocycles. The summed E-state index contributed by atoms with van der Waals surface area (Å²) in [5.41, 5.74) is 5.76. The zero-order valence-electron chi connectivity index (χ0n) is 10.7. The first-order chi connectivity index (χ1) is 8.56. The van der Waals surface area contributed by atoms with Gasteiger partial charge in [-0.25, -0.2) is 4.99 Å². The van der Waals surface area contributed by atoms with E-state index in [0.29, 0.717) is 0 Å². The van der Waals surface area contributed by atoms with Crippen LogP contribution in [0.1, 0.15) is 20.3 Å². The van der Waals surface area contributed by atoms with Crippen LogP contribution in [0.15, 0.2) is 29.5 Å². The Labute approximate surface area is 107 Å². The lowest BCUT2D eigenvalue weighted by molar-refractivity contribution is -0.137. The maximum Gasteiger partial charge on any atom is 0.219 e. The molecule has 2 N–H and O–H groups in total. The highest BCUT2D eigenvalue weighted by Gasteiger charge is 2.26. The fraction of sp³-hybridized carbons (Fsp3) is 0.462. The zero-order chi connectivity index (χ0) is 13.5. The van der Waals surface area contributed by atoms with Gasteiger partial charge in [0.15, 0.2) is 0 Å². The first-order valence-corrected chi connectivity index (χ1v) is 6.01. The second-order valence-corrected chi connectivity index (χ2v) is 4.32. The summed E-state index contributed by atoms with van der Waals surface area (Å²) < 4.78 is 0. The highest BCUT2D eigenvalue weighted by atomic mass is 16.2. The molecule has 5 heteroatoms. The van der Waals surface area contributed by atoms with Crippen LogP contribution in [0.3, 0.4) is 0 Å². The predicted octanol–water partition coefficient (Wildman–Crippen LogP) is 0.869. The molecule has 1 rings (SSSR count). The standard InChI is InChI=1S/C13H19N3O2/c1-3-10(2)12(14)13(18)11(17)8-16-7-5-4-6-15-9-16/h4-7,9-10,12H,3,8,14H2,1-2H3/t10-,12-/m0/s1. The molecule has 0 amide bonds. The molecule has 18 heavy (non-hydrogen) atoms. The smallest absolute Gasteiger partial charge is 0.219 e. The van der Waals surface area contributed by atoms with Crippen molar-refractivity contribution in [2.24, 2.45) is 16.6 Å². The molecule has 0 fully saturated rings. The van der Waals surface area contributed by atoms with Gasteiger partial charge in [0, 0.05) is 12.4 Å². The van der Waals surface area contributed by atoms with Crippen LogP contribution in [0, 0.1) is 5.92 Å². The van der Waals surface area contributed by atoms with Crippen molar-refractivity contribution in [2.75, 3.05) is 6.54 Å². The van der Waals surface area contributed by atoms with Crippen molar-refractivity contribution < 1.29 is 9.59 Å². The van der Waals surface area contributed by atoms with Gasteiger partial charge in [-0.05, 0) is 18.1 Å². The molecule has 1 aliphatic heterocycles. The summed E-state index contributed by atoms with van der Waals surface area (Å²) in [6.07, 6.45) is 9.06. The molecule has 0 aromatic carbocycles. The normalized spacial score (nSPS) is 17.4. The van der Waals surface area contributed by atoms with E-state index in [2.05, 4.69) is 4.99 Å². The molecule has 98 valence electrons. The minimum Gasteiger partial charge on any atom is -0.331 e. The van der Waals surface area contributed by atoms with Gasteiger partial charge in [-0.1, -0.05) is 20.3 Å². The maximum absolute atomic E-state index is 11.8. The molecular weight excluding hydrogens is 230 g/mol. The van der Waals surface area contributed by atoms with Crippen molar-refractivity contribution >= 4 is 17.9 Å². The third-order valence-corrected chi connectivity index (χ3v) is 2.94. The number of nitrogens with zero attached hydrogens (tertiary/aromatic N) is 2. The summed E-state index contributed by atoms with van der Waals surface area (Å²) in [6, 6.07) is -0.714. The van der Waals surface area contributed by atoms with Gasteiger partial charge in [0.2, 0.25) is 11.6 Å². The predicted molar refractivity (Wildman–Crippen MR) is 70.9 cm³/mol. The lowest BCUT2D eigenvalue weighted by Crippen LogP contribution is -2.43. The van der Waals surface area contributed by atoms with E-state index < -0.39 is 17.6 Å². The molecule has 2 atom stereocenters. The fourth-order valence-corrected chi connectivity index (χ4v) is 1.46. The van der Waals surface area contributed by atoms with Crippen LogP contribution in [-0.4, -0.2) is 35.4 Å². The van der Waals surface area contributed by atoms with Gasteiger partial charge in [0.05, 0.1) is 18.9 Å². The van der Waals surface area contributed by atoms with Crippen LogP contribution in [-0.2, 0) is 9.59 Å². The fourth-order valence-electron chi connectivity index (χ4n) is 1.46. The summed E-state index contributed by atoms with van der Waals surface area (Å²) in [4.78, 5) is 29.1. The molecule has 5 nitrogen and oxygen atoms in total. The number of carbonyl (C=O) groups is 2. The Morgan fingerprint density at radius 1 is 1.39 bits per heavy atom. The molecule has 0 spiro atoms. The van der Waals surface area contributed by atoms with Gasteiger partial charge < -0.3 is 10.6 Å². The number of rotatable bonds is 6. The van der Waals surface area contributed by atoms with E-state index in [4.69, 9.17) is 5.73 Å². The number of carbonyl (C=O) groups excluding carboxylic acids is 2. The SMILES string of the molecule is CC[C@H](C)[C@H](N)C(=O)C(=O)CN1C=CC=CN=C1. The monoisotopic (exact) mass is 249 g/mol. The van der Waals surface area contributed by atoms with E-state index in [-0.39, 0.29) is 12.5 Å². The lowest BCUT2D eigenvalue weighted by atomic mass is 9.94. The quantitative estimate of drug-likeness (QED) is 0.709. The highest BCUT2D eigenvalue weighted by molar-refractivity contribution is 6.40. The molecule has 1 aliphatic rings. The number of hydrogen-bond donors (Lipinski definition) is 1. The minimum atomic E-state index is -0.714. The first-order valence-electron chi connectivity index (χ1n) is 6.01. The van der Waals surface area contributed by atoms with Crippen molar-refractivity contribution in [1.29, 1.82) is 0 Å². The number of hydrogen-bond acceptors (Lipinski definition) is 5. The van der Waals surface area contributed by atoms with Crippen LogP contribution >= 0.6 is 0 Å². The third kappa shape index (κ3) is 3.92. The Balaban J connectivity index is 2.57. The zero-order valence-corrected chi connectivity index (χ0v) is 10.7. The Hall–Kier alpha value is -1.75. The van der Waals surface area contributed by atoms with E-state index in [1.165, 1.54) is 6.34 Å². The van der Waals surface area contributed by atoms with Crippen molar-refractivity contribution in [3.63, 3.8) is 0 Å². The number of ketones is 2. The van der Waals surface area contributed by atoms with Crippen LogP contribution in [0.2, 0.25) is 0 Å². The Morgan fingerprint density at radius 3 is 2.78 bits per heavy atom. The molecule has 0 saturated carbocycles. The van der Waals surface area contributed by atoms with E-state index in [1.807, 2.05) is 13.8 Å². The topological polar surface area (TPSA) is 75.8 Å². The second kappa shape index (κ2) is 6.86. The van der Waals surface area contributed by atoms with Crippen molar-refractivity contribution in [3.8, 4) is 0 Å². The van der Waals surface area contributed by atoms with E-state index in [0.717, 1.165) is 6.42 Å². The van der Waals surface area contributed by atoms with Crippen LogP contribution in [0.5, 0.6) is 0 Å². The Kier molecular flexibility index (Phi) is 5.45. The summed E-state index contributed by atoms with van der Waals surface area (Å²) in [5.74, 6) is -0.986. The maximum atomic E-state index is 11.8. The number of aliphatic imine (C=N–C) groups is 1. The largest absolute Gasteiger partial charge is 0.331 e. The van der Waals surface area contributed by atoms with Crippen LogP contribution < -0.4 is 5.73 Å². The summed E-state index contributed by atoms with van der Waals surface area (Å²) >= 11 is 0. The molecule has 0 saturated heterocycles. The molecule has 0 bridgehead atoms. The van der Waals surface area contributed by atoms with Crippen LogP contribution in [0.25, 0.3) is 0 Å². The summed E-state index contributed by atoms with van der Waals surface area (Å²) in [6.45, 7) is 3.79. The minimum absolute atomic E-state index is 0.0106. The van der Waals surface area contributed by atoms with Gasteiger partial charge in [-0.3, -0.25) is 9.59 Å². The molecule has 0 aliphatic carbocycles. The van der Waals surface area contributed by atoms with Crippen molar-refractivity contribution in [3.05, 3.63) is 24.6 Å². The van der Waals surface area contributed by atoms with E-state index >= 15 is 0 Å². The summed E-state index contributed by atoms with van der Waals surface area (Å²) in [5, 5.41) is 0. The molecule has 0 aromatic heterocycles. The van der Waals surface area contributed by atoms with Gasteiger partial charge in [0.1, 0.15) is 0 Å². The van der Waals surface area contributed by atoms with Gasteiger partial charge in [0.25, 0.3) is 0 Å². The van der Waals surface area contributed by atoms with Gasteiger partial charge in [-0.2, -0.15) is 0 Å². The first kappa shape index (κ1) is 14.3. The van der Waals surface area contributed by atoms with Crippen molar-refractivity contribution in [1.82, 2.24) is 4.90 Å². The Bertz CT molecular complexity index is 383. The molecule has 0 aromatic rings. The van der Waals surface area contributed by atoms with Gasteiger partial charge in [-0.15, -0.1) is 0 Å². The number of Topliss-reactive ketones (excluding diaryl/α,β-unsaturated/α-hetero) is 2. The highest BCUT2D eigenvalue weighted by Crippen LogP contribution is 2.07. The molecule has 0 unspecified atom stereocenters. The molecule has 0 radical (unpaired) electrons. The second-order valence-electron chi connectivity index (χ2n) is 4.32. The third-order valence-electron chi connectivity index (χ3n) is 2.94. The Morgan fingerprint density at radius 2 is 2.11 bits per heavy atom. The average molecular weight is 249 g/mol. The van der Waals surface area contributed by atoms with Crippen molar-refractivity contribution in [2.45, 2.75) is 26.3 Å².